The highest BCUT2D eigenvalue weighted by Gasteiger charge is 2.05. The maximum atomic E-state index is 12.0. The van der Waals surface area contributed by atoms with E-state index in [-0.39, 0.29) is 6.03 Å². The Hall–Kier alpha value is -2.53. The molecule has 0 saturated heterocycles. The standard InChI is InChI=1S/C17H20N2O3/c1-21-12-14-7-4-3-6-13(14)11-18-17(20)19-15-8-5-9-16(10-15)22-2/h3-10H,11-12H2,1-2H3,(H2,18,19,20). The van der Waals surface area contributed by atoms with Gasteiger partial charge < -0.3 is 20.1 Å². The van der Waals surface area contributed by atoms with E-state index in [2.05, 4.69) is 10.6 Å². The Morgan fingerprint density at radius 1 is 1.05 bits per heavy atom. The molecule has 0 aliphatic rings. The van der Waals surface area contributed by atoms with Crippen LogP contribution in [-0.2, 0) is 17.9 Å². The summed E-state index contributed by atoms with van der Waals surface area (Å²) in [4.78, 5) is 12.0. The van der Waals surface area contributed by atoms with Crippen LogP contribution in [0, 0.1) is 0 Å². The molecule has 0 aliphatic heterocycles. The predicted octanol–water partition coefficient (Wildman–Crippen LogP) is 3.16. The summed E-state index contributed by atoms with van der Waals surface area (Å²) in [6.45, 7) is 0.963. The van der Waals surface area contributed by atoms with Crippen LogP contribution in [0.3, 0.4) is 0 Å². The summed E-state index contributed by atoms with van der Waals surface area (Å²) in [6, 6.07) is 14.8. The van der Waals surface area contributed by atoms with Crippen molar-refractivity contribution in [2.24, 2.45) is 0 Å². The molecule has 2 aromatic carbocycles. The lowest BCUT2D eigenvalue weighted by atomic mass is 10.1. The molecule has 0 unspecified atom stereocenters. The van der Waals surface area contributed by atoms with E-state index < -0.39 is 0 Å². The van der Waals surface area contributed by atoms with Gasteiger partial charge >= 0.3 is 6.03 Å². The van der Waals surface area contributed by atoms with Gasteiger partial charge in [-0.25, -0.2) is 4.79 Å². The van der Waals surface area contributed by atoms with Gasteiger partial charge in [-0.05, 0) is 23.3 Å². The summed E-state index contributed by atoms with van der Waals surface area (Å²) in [5, 5.41) is 5.61. The molecule has 0 heterocycles. The number of rotatable bonds is 6. The highest BCUT2D eigenvalue weighted by Crippen LogP contribution is 2.16. The van der Waals surface area contributed by atoms with Gasteiger partial charge in [0.05, 0.1) is 13.7 Å². The third kappa shape index (κ3) is 4.49. The van der Waals surface area contributed by atoms with Crippen LogP contribution in [0.25, 0.3) is 0 Å². The van der Waals surface area contributed by atoms with E-state index in [9.17, 15) is 4.79 Å². The predicted molar refractivity (Wildman–Crippen MR) is 86.0 cm³/mol. The number of carbonyl (C=O) groups is 1. The first-order valence-corrected chi connectivity index (χ1v) is 6.97. The second kappa shape index (κ2) is 8.05. The minimum absolute atomic E-state index is 0.263. The monoisotopic (exact) mass is 300 g/mol. The van der Waals surface area contributed by atoms with E-state index in [1.54, 1.807) is 26.4 Å². The van der Waals surface area contributed by atoms with Gasteiger partial charge in [-0.2, -0.15) is 0 Å². The molecule has 0 aliphatic carbocycles. The maximum absolute atomic E-state index is 12.0. The molecule has 116 valence electrons. The molecule has 0 radical (unpaired) electrons. The molecular formula is C17H20N2O3. The van der Waals surface area contributed by atoms with Crippen molar-refractivity contribution >= 4 is 11.7 Å². The van der Waals surface area contributed by atoms with E-state index in [1.807, 2.05) is 36.4 Å². The average Bonchev–Trinajstić information content (AvgIpc) is 2.54. The van der Waals surface area contributed by atoms with Crippen LogP contribution in [0.1, 0.15) is 11.1 Å². The van der Waals surface area contributed by atoms with E-state index in [0.717, 1.165) is 11.1 Å². The van der Waals surface area contributed by atoms with Gasteiger partial charge in [0.1, 0.15) is 5.75 Å². The Bertz CT molecular complexity index is 629. The van der Waals surface area contributed by atoms with Crippen LogP contribution in [-0.4, -0.2) is 20.3 Å². The van der Waals surface area contributed by atoms with Crippen molar-refractivity contribution in [2.75, 3.05) is 19.5 Å². The Morgan fingerprint density at radius 2 is 1.82 bits per heavy atom. The summed E-state index contributed by atoms with van der Waals surface area (Å²) in [5.74, 6) is 0.697. The van der Waals surface area contributed by atoms with Crippen LogP contribution >= 0.6 is 0 Å². The quantitative estimate of drug-likeness (QED) is 0.861. The highest BCUT2D eigenvalue weighted by molar-refractivity contribution is 5.89. The number of urea groups is 1. The van der Waals surface area contributed by atoms with Crippen LogP contribution in [0.2, 0.25) is 0 Å². The molecule has 2 amide bonds. The SMILES string of the molecule is COCc1ccccc1CNC(=O)Nc1cccc(OC)c1. The summed E-state index contributed by atoms with van der Waals surface area (Å²) < 4.78 is 10.3. The van der Waals surface area contributed by atoms with E-state index in [1.165, 1.54) is 0 Å². The Balaban J connectivity index is 1.92. The van der Waals surface area contributed by atoms with Crippen molar-refractivity contribution in [3.05, 3.63) is 59.7 Å². The van der Waals surface area contributed by atoms with Crippen molar-refractivity contribution in [1.29, 1.82) is 0 Å². The zero-order chi connectivity index (χ0) is 15.8. The van der Waals surface area contributed by atoms with Crippen molar-refractivity contribution in [3.8, 4) is 5.75 Å². The number of methoxy groups -OCH3 is 2. The lowest BCUT2D eigenvalue weighted by Gasteiger charge is -2.11. The van der Waals surface area contributed by atoms with E-state index in [0.29, 0.717) is 24.6 Å². The second-order valence-electron chi connectivity index (χ2n) is 4.74. The van der Waals surface area contributed by atoms with Crippen molar-refractivity contribution in [2.45, 2.75) is 13.2 Å². The van der Waals surface area contributed by atoms with Crippen LogP contribution < -0.4 is 15.4 Å². The number of anilines is 1. The van der Waals surface area contributed by atoms with Crippen LogP contribution in [0.5, 0.6) is 5.75 Å². The first-order chi connectivity index (χ1) is 10.7. The minimum atomic E-state index is -0.263. The van der Waals surface area contributed by atoms with Crippen LogP contribution in [0.4, 0.5) is 10.5 Å². The third-order valence-electron chi connectivity index (χ3n) is 3.19. The fourth-order valence-electron chi connectivity index (χ4n) is 2.08. The zero-order valence-electron chi connectivity index (χ0n) is 12.8. The molecule has 2 N–H and O–H groups in total. The normalized spacial score (nSPS) is 10.1. The molecule has 0 bridgehead atoms. The van der Waals surface area contributed by atoms with Crippen molar-refractivity contribution in [3.63, 3.8) is 0 Å². The number of amides is 2. The zero-order valence-corrected chi connectivity index (χ0v) is 12.8. The molecule has 2 aromatic rings. The number of ether oxygens (including phenoxy) is 2. The summed E-state index contributed by atoms with van der Waals surface area (Å²) in [5.41, 5.74) is 2.78. The molecule has 5 nitrogen and oxygen atoms in total. The highest BCUT2D eigenvalue weighted by atomic mass is 16.5. The van der Waals surface area contributed by atoms with Gasteiger partial charge in [-0.1, -0.05) is 30.3 Å². The number of hydrogen-bond acceptors (Lipinski definition) is 3. The first kappa shape index (κ1) is 15.9. The molecule has 0 spiro atoms. The second-order valence-corrected chi connectivity index (χ2v) is 4.74. The summed E-state index contributed by atoms with van der Waals surface area (Å²) in [6.07, 6.45) is 0. The van der Waals surface area contributed by atoms with Gasteiger partial charge in [0.25, 0.3) is 0 Å². The summed E-state index contributed by atoms with van der Waals surface area (Å²) >= 11 is 0. The van der Waals surface area contributed by atoms with Gasteiger partial charge in [0.2, 0.25) is 0 Å². The number of nitrogens with one attached hydrogen (secondary N) is 2. The number of hydrogen-bond donors (Lipinski definition) is 2. The van der Waals surface area contributed by atoms with Crippen LogP contribution in [0.15, 0.2) is 48.5 Å². The Kier molecular flexibility index (Phi) is 5.80. The lowest BCUT2D eigenvalue weighted by molar-refractivity contribution is 0.184. The summed E-state index contributed by atoms with van der Waals surface area (Å²) in [7, 11) is 3.24. The van der Waals surface area contributed by atoms with Gasteiger partial charge in [-0.15, -0.1) is 0 Å². The number of carbonyl (C=O) groups excluding carboxylic acids is 1. The molecule has 0 atom stereocenters. The topological polar surface area (TPSA) is 59.6 Å². The molecular weight excluding hydrogens is 280 g/mol. The molecule has 0 aromatic heterocycles. The minimum Gasteiger partial charge on any atom is -0.497 e. The maximum Gasteiger partial charge on any atom is 0.319 e. The Morgan fingerprint density at radius 3 is 2.55 bits per heavy atom. The molecule has 22 heavy (non-hydrogen) atoms. The van der Waals surface area contributed by atoms with Crippen molar-refractivity contribution < 1.29 is 14.3 Å². The van der Waals surface area contributed by atoms with E-state index >= 15 is 0 Å². The smallest absolute Gasteiger partial charge is 0.319 e. The molecule has 5 heteroatoms. The average molecular weight is 300 g/mol. The Labute approximate surface area is 130 Å². The largest absolute Gasteiger partial charge is 0.497 e. The molecule has 0 fully saturated rings. The fourth-order valence-corrected chi connectivity index (χ4v) is 2.08. The van der Waals surface area contributed by atoms with Gasteiger partial charge in [0, 0.05) is 25.4 Å². The third-order valence-corrected chi connectivity index (χ3v) is 3.19. The fraction of sp³-hybridized carbons (Fsp3) is 0.235. The lowest BCUT2D eigenvalue weighted by Crippen LogP contribution is -2.28. The van der Waals surface area contributed by atoms with E-state index in [4.69, 9.17) is 9.47 Å². The van der Waals surface area contributed by atoms with Gasteiger partial charge in [0.15, 0.2) is 0 Å². The number of benzene rings is 2. The van der Waals surface area contributed by atoms with Gasteiger partial charge in [-0.3, -0.25) is 0 Å². The molecule has 0 saturated carbocycles. The first-order valence-electron chi connectivity index (χ1n) is 6.97. The molecule has 2 rings (SSSR count). The van der Waals surface area contributed by atoms with Crippen molar-refractivity contribution in [1.82, 2.24) is 5.32 Å².